The molecular formula is C14H19IN2. The number of nitrogens with zero attached hydrogens (tertiary/aromatic N) is 1. The zero-order valence-corrected chi connectivity index (χ0v) is 12.2. The Morgan fingerprint density at radius 3 is 2.53 bits per heavy atom. The largest absolute Gasteiger partial charge is 0.314 e. The van der Waals surface area contributed by atoms with Crippen molar-refractivity contribution in [3.8, 4) is 0 Å². The molecule has 0 saturated carbocycles. The van der Waals surface area contributed by atoms with Crippen LogP contribution in [0.5, 0.6) is 0 Å². The lowest BCUT2D eigenvalue weighted by Gasteiger charge is -2.34. The highest BCUT2D eigenvalue weighted by Gasteiger charge is 2.20. The summed E-state index contributed by atoms with van der Waals surface area (Å²) in [7, 11) is 0. The summed E-state index contributed by atoms with van der Waals surface area (Å²) >= 11 is 2.35. The summed E-state index contributed by atoms with van der Waals surface area (Å²) in [6.07, 6.45) is 3.06. The van der Waals surface area contributed by atoms with Gasteiger partial charge in [0.15, 0.2) is 0 Å². The molecule has 0 radical (unpaired) electrons. The fourth-order valence-electron chi connectivity index (χ4n) is 2.33. The van der Waals surface area contributed by atoms with Gasteiger partial charge in [-0.15, -0.1) is 6.58 Å². The van der Waals surface area contributed by atoms with Crippen LogP contribution >= 0.6 is 22.6 Å². The molecule has 1 N–H and O–H groups in total. The van der Waals surface area contributed by atoms with Crippen molar-refractivity contribution in [2.75, 3.05) is 26.2 Å². The van der Waals surface area contributed by atoms with Gasteiger partial charge < -0.3 is 5.32 Å². The Balaban J connectivity index is 2.15. The zero-order valence-electron chi connectivity index (χ0n) is 10.0. The van der Waals surface area contributed by atoms with Gasteiger partial charge in [0.05, 0.1) is 0 Å². The summed E-state index contributed by atoms with van der Waals surface area (Å²) in [5.41, 5.74) is 1.41. The highest BCUT2D eigenvalue weighted by Crippen LogP contribution is 2.25. The Morgan fingerprint density at radius 1 is 1.29 bits per heavy atom. The third-order valence-corrected chi connectivity index (χ3v) is 3.96. The van der Waals surface area contributed by atoms with E-state index in [0.717, 1.165) is 32.6 Å². The molecule has 0 bridgehead atoms. The van der Waals surface area contributed by atoms with E-state index in [1.807, 2.05) is 6.08 Å². The number of nitrogens with one attached hydrogen (secondary N) is 1. The molecule has 2 nitrogen and oxygen atoms in total. The molecule has 1 heterocycles. The Kier molecular flexibility index (Phi) is 5.00. The quantitative estimate of drug-likeness (QED) is 0.669. The Morgan fingerprint density at radius 2 is 1.94 bits per heavy atom. The fourth-order valence-corrected chi connectivity index (χ4v) is 2.69. The van der Waals surface area contributed by atoms with Gasteiger partial charge in [-0.1, -0.05) is 18.2 Å². The number of hydrogen-bond donors (Lipinski definition) is 1. The third kappa shape index (κ3) is 3.53. The molecule has 1 saturated heterocycles. The molecular weight excluding hydrogens is 323 g/mol. The minimum absolute atomic E-state index is 0.492. The maximum Gasteiger partial charge on any atom is 0.0383 e. The van der Waals surface area contributed by atoms with E-state index in [1.54, 1.807) is 0 Å². The van der Waals surface area contributed by atoms with E-state index < -0.39 is 0 Å². The second kappa shape index (κ2) is 6.52. The topological polar surface area (TPSA) is 15.3 Å². The van der Waals surface area contributed by atoms with Crippen molar-refractivity contribution >= 4 is 22.6 Å². The van der Waals surface area contributed by atoms with Gasteiger partial charge in [0.2, 0.25) is 0 Å². The van der Waals surface area contributed by atoms with Crippen LogP contribution in [0, 0.1) is 3.57 Å². The summed E-state index contributed by atoms with van der Waals surface area (Å²) in [4.78, 5) is 2.56. The second-order valence-electron chi connectivity index (χ2n) is 4.38. The average molecular weight is 342 g/mol. The van der Waals surface area contributed by atoms with Crippen molar-refractivity contribution in [2.45, 2.75) is 12.5 Å². The molecule has 0 unspecified atom stereocenters. The Bertz CT molecular complexity index is 355. The predicted octanol–water partition coefficient (Wildman–Crippen LogP) is 2.81. The molecule has 0 aliphatic carbocycles. The molecule has 1 fully saturated rings. The van der Waals surface area contributed by atoms with Gasteiger partial charge in [-0.05, 0) is 46.7 Å². The molecule has 0 spiro atoms. The van der Waals surface area contributed by atoms with Crippen LogP contribution in [0.25, 0.3) is 0 Å². The highest BCUT2D eigenvalue weighted by atomic mass is 127. The second-order valence-corrected chi connectivity index (χ2v) is 5.62. The first-order chi connectivity index (χ1) is 8.31. The molecule has 0 amide bonds. The SMILES string of the molecule is C=CC[C@@H](c1ccc(I)cc1)N1CCNCC1. The van der Waals surface area contributed by atoms with Crippen LogP contribution in [0.3, 0.4) is 0 Å². The molecule has 17 heavy (non-hydrogen) atoms. The summed E-state index contributed by atoms with van der Waals surface area (Å²) < 4.78 is 1.30. The van der Waals surface area contributed by atoms with Crippen LogP contribution < -0.4 is 5.32 Å². The monoisotopic (exact) mass is 342 g/mol. The number of halogens is 1. The number of hydrogen-bond acceptors (Lipinski definition) is 2. The molecule has 0 aromatic heterocycles. The normalized spacial score (nSPS) is 18.9. The zero-order chi connectivity index (χ0) is 12.1. The lowest BCUT2D eigenvalue weighted by atomic mass is 10.0. The third-order valence-electron chi connectivity index (χ3n) is 3.24. The van der Waals surface area contributed by atoms with Crippen LogP contribution in [-0.4, -0.2) is 31.1 Å². The summed E-state index contributed by atoms with van der Waals surface area (Å²) in [5, 5.41) is 3.40. The minimum Gasteiger partial charge on any atom is -0.314 e. The highest BCUT2D eigenvalue weighted by molar-refractivity contribution is 14.1. The van der Waals surface area contributed by atoms with E-state index in [0.29, 0.717) is 6.04 Å². The fraction of sp³-hybridized carbons (Fsp3) is 0.429. The van der Waals surface area contributed by atoms with Gasteiger partial charge >= 0.3 is 0 Å². The predicted molar refractivity (Wildman–Crippen MR) is 81.2 cm³/mol. The van der Waals surface area contributed by atoms with Crippen LogP contribution in [0.1, 0.15) is 18.0 Å². The number of benzene rings is 1. The lowest BCUT2D eigenvalue weighted by Crippen LogP contribution is -2.45. The van der Waals surface area contributed by atoms with Crippen molar-refractivity contribution < 1.29 is 0 Å². The van der Waals surface area contributed by atoms with Crippen molar-refractivity contribution in [3.63, 3.8) is 0 Å². The van der Waals surface area contributed by atoms with E-state index in [4.69, 9.17) is 0 Å². The van der Waals surface area contributed by atoms with E-state index in [2.05, 4.69) is 63.7 Å². The maximum absolute atomic E-state index is 3.89. The van der Waals surface area contributed by atoms with Crippen LogP contribution in [0.2, 0.25) is 0 Å². The number of piperazine rings is 1. The molecule has 92 valence electrons. The first-order valence-corrected chi connectivity index (χ1v) is 7.20. The molecule has 1 aromatic rings. The van der Waals surface area contributed by atoms with Crippen molar-refractivity contribution in [2.24, 2.45) is 0 Å². The van der Waals surface area contributed by atoms with Crippen molar-refractivity contribution in [1.82, 2.24) is 10.2 Å². The molecule has 2 rings (SSSR count). The lowest BCUT2D eigenvalue weighted by molar-refractivity contribution is 0.174. The number of rotatable bonds is 4. The van der Waals surface area contributed by atoms with Crippen LogP contribution in [0.4, 0.5) is 0 Å². The Labute approximate surface area is 117 Å². The summed E-state index contributed by atoms with van der Waals surface area (Å²) in [6.45, 7) is 8.34. The summed E-state index contributed by atoms with van der Waals surface area (Å²) in [6, 6.07) is 9.37. The molecule has 3 heteroatoms. The van der Waals surface area contributed by atoms with E-state index in [9.17, 15) is 0 Å². The summed E-state index contributed by atoms with van der Waals surface area (Å²) in [5.74, 6) is 0. The average Bonchev–Trinajstić information content (AvgIpc) is 2.38. The molecule has 1 aromatic carbocycles. The van der Waals surface area contributed by atoms with E-state index in [1.165, 1.54) is 9.13 Å². The van der Waals surface area contributed by atoms with Crippen LogP contribution in [0.15, 0.2) is 36.9 Å². The van der Waals surface area contributed by atoms with Gasteiger partial charge in [0.1, 0.15) is 0 Å². The first-order valence-electron chi connectivity index (χ1n) is 6.12. The van der Waals surface area contributed by atoms with Gasteiger partial charge in [0.25, 0.3) is 0 Å². The van der Waals surface area contributed by atoms with Crippen molar-refractivity contribution in [3.05, 3.63) is 46.1 Å². The molecule has 1 atom stereocenters. The molecule has 1 aliphatic heterocycles. The maximum atomic E-state index is 3.89. The van der Waals surface area contributed by atoms with Gasteiger partial charge in [-0.2, -0.15) is 0 Å². The Hall–Kier alpha value is -0.390. The first kappa shape index (κ1) is 13.1. The smallest absolute Gasteiger partial charge is 0.0383 e. The van der Waals surface area contributed by atoms with E-state index >= 15 is 0 Å². The van der Waals surface area contributed by atoms with Gasteiger partial charge in [-0.3, -0.25) is 4.90 Å². The standard InChI is InChI=1S/C14H19IN2/c1-2-3-14(17-10-8-16-9-11-17)12-4-6-13(15)7-5-12/h2,4-7,14,16H,1,3,8-11H2/t14-/m0/s1. The van der Waals surface area contributed by atoms with Gasteiger partial charge in [-0.25, -0.2) is 0 Å². The van der Waals surface area contributed by atoms with Crippen molar-refractivity contribution in [1.29, 1.82) is 0 Å². The van der Waals surface area contributed by atoms with Crippen LogP contribution in [-0.2, 0) is 0 Å². The molecule has 1 aliphatic rings. The minimum atomic E-state index is 0.492. The van der Waals surface area contributed by atoms with Gasteiger partial charge in [0, 0.05) is 35.8 Å². The van der Waals surface area contributed by atoms with E-state index in [-0.39, 0.29) is 0 Å².